The molecule has 2 aliphatic heterocycles. The lowest BCUT2D eigenvalue weighted by molar-refractivity contribution is 0.0363. The summed E-state index contributed by atoms with van der Waals surface area (Å²) in [5.41, 5.74) is 2.55. The molecule has 1 aromatic heterocycles. The van der Waals surface area contributed by atoms with Crippen LogP contribution in [-0.4, -0.2) is 62.3 Å². The number of hydrogen-bond donors (Lipinski definition) is 2. The van der Waals surface area contributed by atoms with Crippen LogP contribution in [0, 0.1) is 12.3 Å². The fourth-order valence-corrected chi connectivity index (χ4v) is 6.20. The van der Waals surface area contributed by atoms with Gasteiger partial charge in [-0.3, -0.25) is 19.1 Å². The number of hydrogen-bond acceptors (Lipinski definition) is 5. The predicted octanol–water partition coefficient (Wildman–Crippen LogP) is 3.94. The van der Waals surface area contributed by atoms with Gasteiger partial charge in [0.25, 0.3) is 11.5 Å². The molecule has 2 saturated heterocycles. The zero-order chi connectivity index (χ0) is 27.0. The van der Waals surface area contributed by atoms with E-state index in [9.17, 15) is 19.5 Å². The van der Waals surface area contributed by atoms with Gasteiger partial charge in [-0.2, -0.15) is 0 Å². The summed E-state index contributed by atoms with van der Waals surface area (Å²) in [6.07, 6.45) is 3.41. The molecular weight excluding hydrogens is 482 g/mol. The quantitative estimate of drug-likeness (QED) is 0.545. The number of nitrogens with zero attached hydrogens (tertiary/aromatic N) is 4. The first-order chi connectivity index (χ1) is 18.0. The Bertz CT molecular complexity index is 1540. The van der Waals surface area contributed by atoms with Crippen LogP contribution in [0.4, 0.5) is 10.5 Å². The number of likely N-dealkylation sites (tertiary alicyclic amines) is 1. The molecule has 0 spiro atoms. The van der Waals surface area contributed by atoms with Gasteiger partial charge in [-0.15, -0.1) is 0 Å². The number of carboxylic acid groups (broad SMARTS) is 1. The van der Waals surface area contributed by atoms with E-state index in [0.717, 1.165) is 30.5 Å². The van der Waals surface area contributed by atoms with Gasteiger partial charge >= 0.3 is 6.09 Å². The first-order valence-electron chi connectivity index (χ1n) is 13.2. The number of carbonyl (C=O) groups is 2. The number of amides is 2. The largest absolute Gasteiger partial charge is 0.465 e. The van der Waals surface area contributed by atoms with Crippen LogP contribution >= 0.6 is 0 Å². The fourth-order valence-electron chi connectivity index (χ4n) is 6.20. The van der Waals surface area contributed by atoms with Crippen LogP contribution in [0.2, 0.25) is 0 Å². The standard InChI is InChI=1S/C29H33N5O4/c1-17-5-6-18(25(35)31-19-7-8-19)11-24(17)33-16-30-23-10-9-20(12-22(23)26(33)36)32-15-29(28(2,3)4)13-21(32)14-34(29)27(37)38/h5-6,9-12,16,19,21H,7-8,13-15H2,1-4H3,(H,31,35)(H,37,38)/t21-,29+/m0/s1. The van der Waals surface area contributed by atoms with E-state index in [1.165, 1.54) is 10.9 Å². The van der Waals surface area contributed by atoms with Gasteiger partial charge in [-0.05, 0) is 67.5 Å². The van der Waals surface area contributed by atoms with Crippen molar-refractivity contribution in [3.8, 4) is 5.69 Å². The van der Waals surface area contributed by atoms with Crippen molar-refractivity contribution in [2.75, 3.05) is 18.0 Å². The lowest BCUT2D eigenvalue weighted by Crippen LogP contribution is -2.61. The average molecular weight is 516 g/mol. The monoisotopic (exact) mass is 515 g/mol. The SMILES string of the molecule is Cc1ccc(C(=O)NC2CC2)cc1-n1cnc2ccc(N3C[C@@]4(C(C)(C)C)C[C@H]3CN4C(=O)O)cc2c1=O. The highest BCUT2D eigenvalue weighted by Crippen LogP contribution is 2.51. The highest BCUT2D eigenvalue weighted by molar-refractivity contribution is 5.95. The lowest BCUT2D eigenvalue weighted by Gasteiger charge is -2.48. The smallest absolute Gasteiger partial charge is 0.407 e. The van der Waals surface area contributed by atoms with Crippen molar-refractivity contribution in [2.24, 2.45) is 5.41 Å². The number of aromatic nitrogens is 2. The molecule has 0 radical (unpaired) electrons. The highest BCUT2D eigenvalue weighted by Gasteiger charge is 2.61. The van der Waals surface area contributed by atoms with Crippen molar-refractivity contribution in [1.29, 1.82) is 0 Å². The van der Waals surface area contributed by atoms with Crippen LogP contribution in [-0.2, 0) is 0 Å². The minimum atomic E-state index is -0.879. The number of benzene rings is 2. The molecule has 3 heterocycles. The molecule has 1 aliphatic carbocycles. The summed E-state index contributed by atoms with van der Waals surface area (Å²) < 4.78 is 1.51. The maximum absolute atomic E-state index is 13.8. The molecule has 2 bridgehead atoms. The normalized spacial score (nSPS) is 22.8. The average Bonchev–Trinajstić information content (AvgIpc) is 3.47. The summed E-state index contributed by atoms with van der Waals surface area (Å²) in [6.45, 7) is 9.21. The molecule has 2 atom stereocenters. The zero-order valence-corrected chi connectivity index (χ0v) is 22.2. The first-order valence-corrected chi connectivity index (χ1v) is 13.2. The molecule has 2 aromatic carbocycles. The number of rotatable bonds is 4. The van der Waals surface area contributed by atoms with E-state index in [1.54, 1.807) is 17.0 Å². The minimum Gasteiger partial charge on any atom is -0.465 e. The van der Waals surface area contributed by atoms with Crippen molar-refractivity contribution in [2.45, 2.75) is 64.6 Å². The Morgan fingerprint density at radius 2 is 1.89 bits per heavy atom. The molecule has 9 heteroatoms. The third-order valence-electron chi connectivity index (χ3n) is 8.70. The van der Waals surface area contributed by atoms with E-state index in [4.69, 9.17) is 0 Å². The number of piperazine rings is 1. The van der Waals surface area contributed by atoms with E-state index in [2.05, 4.69) is 36.0 Å². The third kappa shape index (κ3) is 3.75. The van der Waals surface area contributed by atoms with Gasteiger partial charge in [0.2, 0.25) is 0 Å². The van der Waals surface area contributed by atoms with E-state index in [1.807, 2.05) is 31.2 Å². The fraction of sp³-hybridized carbons (Fsp3) is 0.448. The van der Waals surface area contributed by atoms with E-state index in [0.29, 0.717) is 35.2 Å². The Hall–Kier alpha value is -3.88. The van der Waals surface area contributed by atoms with Crippen LogP contribution in [0.1, 0.15) is 56.0 Å². The molecule has 9 nitrogen and oxygen atoms in total. The number of nitrogens with one attached hydrogen (secondary N) is 1. The van der Waals surface area contributed by atoms with Gasteiger partial charge in [-0.25, -0.2) is 9.78 Å². The Balaban J connectivity index is 1.38. The molecule has 1 saturated carbocycles. The van der Waals surface area contributed by atoms with E-state index >= 15 is 0 Å². The summed E-state index contributed by atoms with van der Waals surface area (Å²) >= 11 is 0. The Labute approximate surface area is 221 Å². The first kappa shape index (κ1) is 24.5. The maximum Gasteiger partial charge on any atom is 0.407 e. The molecule has 2 N–H and O–H groups in total. The Morgan fingerprint density at radius 3 is 2.58 bits per heavy atom. The van der Waals surface area contributed by atoms with E-state index in [-0.39, 0.29) is 29.0 Å². The van der Waals surface area contributed by atoms with Crippen molar-refractivity contribution >= 4 is 28.6 Å². The van der Waals surface area contributed by atoms with Crippen LogP contribution in [0.5, 0.6) is 0 Å². The molecule has 2 amide bonds. The highest BCUT2D eigenvalue weighted by atomic mass is 16.4. The Morgan fingerprint density at radius 1 is 1.13 bits per heavy atom. The second-order valence-corrected chi connectivity index (χ2v) is 12.0. The number of carbonyl (C=O) groups excluding carboxylic acids is 1. The van der Waals surface area contributed by atoms with Gasteiger partial charge in [0.1, 0.15) is 6.33 Å². The van der Waals surface area contributed by atoms with Crippen LogP contribution in [0.3, 0.4) is 0 Å². The van der Waals surface area contributed by atoms with Gasteiger partial charge < -0.3 is 15.3 Å². The molecule has 3 aromatic rings. The molecular formula is C29H33N5O4. The van der Waals surface area contributed by atoms with Crippen molar-refractivity contribution < 1.29 is 14.7 Å². The number of fused-ring (bicyclic) bond motifs is 3. The minimum absolute atomic E-state index is 0.0468. The summed E-state index contributed by atoms with van der Waals surface area (Å²) in [5, 5.41) is 13.4. The van der Waals surface area contributed by atoms with Gasteiger partial charge in [-0.1, -0.05) is 26.8 Å². The third-order valence-corrected chi connectivity index (χ3v) is 8.70. The molecule has 3 aliphatic rings. The predicted molar refractivity (Wildman–Crippen MR) is 145 cm³/mol. The van der Waals surface area contributed by atoms with Crippen molar-refractivity contribution in [1.82, 2.24) is 19.8 Å². The summed E-state index contributed by atoms with van der Waals surface area (Å²) in [5.74, 6) is -0.134. The Kier molecular flexibility index (Phi) is 5.35. The van der Waals surface area contributed by atoms with Crippen LogP contribution in [0.15, 0.2) is 47.5 Å². The van der Waals surface area contributed by atoms with Gasteiger partial charge in [0.15, 0.2) is 0 Å². The van der Waals surface area contributed by atoms with Gasteiger partial charge in [0, 0.05) is 36.4 Å². The molecule has 198 valence electrons. The van der Waals surface area contributed by atoms with Crippen LogP contribution < -0.4 is 15.8 Å². The summed E-state index contributed by atoms with van der Waals surface area (Å²) in [7, 11) is 0. The number of anilines is 1. The molecule has 6 rings (SSSR count). The maximum atomic E-state index is 13.8. The zero-order valence-electron chi connectivity index (χ0n) is 22.2. The number of aryl methyl sites for hydroxylation is 1. The summed E-state index contributed by atoms with van der Waals surface area (Å²) in [4.78, 5) is 46.9. The second-order valence-electron chi connectivity index (χ2n) is 12.0. The summed E-state index contributed by atoms with van der Waals surface area (Å²) in [6, 6.07) is 11.4. The van der Waals surface area contributed by atoms with E-state index < -0.39 is 11.6 Å². The molecule has 3 fully saturated rings. The van der Waals surface area contributed by atoms with Gasteiger partial charge in [0.05, 0.1) is 22.1 Å². The topological polar surface area (TPSA) is 108 Å². The second kappa shape index (κ2) is 8.31. The lowest BCUT2D eigenvalue weighted by atomic mass is 9.73. The molecule has 0 unspecified atom stereocenters. The van der Waals surface area contributed by atoms with Crippen LogP contribution in [0.25, 0.3) is 16.6 Å². The van der Waals surface area contributed by atoms with Crippen molar-refractivity contribution in [3.05, 3.63) is 64.2 Å². The van der Waals surface area contributed by atoms with Crippen molar-refractivity contribution in [3.63, 3.8) is 0 Å². The molecule has 38 heavy (non-hydrogen) atoms.